The zero-order valence-electron chi connectivity index (χ0n) is 21.9. The number of carbonyl (C=O) groups excluding carboxylic acids is 1. The lowest BCUT2D eigenvalue weighted by atomic mass is 10.1. The van der Waals surface area contributed by atoms with Crippen molar-refractivity contribution in [3.63, 3.8) is 0 Å². The van der Waals surface area contributed by atoms with Crippen molar-refractivity contribution >= 4 is 32.5 Å². The zero-order valence-corrected chi connectivity index (χ0v) is 22.7. The van der Waals surface area contributed by atoms with Crippen LogP contribution in [0, 0.1) is 5.82 Å². The van der Waals surface area contributed by atoms with Crippen molar-refractivity contribution in [2.45, 2.75) is 43.9 Å². The Morgan fingerprint density at radius 2 is 1.95 bits per heavy atom. The average Bonchev–Trinajstić information content (AvgIpc) is 3.80. The highest BCUT2D eigenvalue weighted by atomic mass is 32.2. The number of hydrogen-bond donors (Lipinski definition) is 1. The molecule has 0 bridgehead atoms. The van der Waals surface area contributed by atoms with Gasteiger partial charge in [-0.3, -0.25) is 9.78 Å². The molecule has 40 heavy (non-hydrogen) atoms. The van der Waals surface area contributed by atoms with E-state index >= 15 is 0 Å². The first-order valence-corrected chi connectivity index (χ1v) is 14.9. The van der Waals surface area contributed by atoms with Gasteiger partial charge in [0.25, 0.3) is 5.91 Å². The highest BCUT2D eigenvalue weighted by molar-refractivity contribution is 7.91. The molecular weight excluding hydrogens is 533 g/mol. The maximum atomic E-state index is 14.7. The number of amides is 1. The first kappa shape index (κ1) is 26.3. The number of fused-ring (bicyclic) bond motifs is 2. The van der Waals surface area contributed by atoms with Gasteiger partial charge in [0.1, 0.15) is 11.6 Å². The van der Waals surface area contributed by atoms with Crippen LogP contribution in [0.5, 0.6) is 0 Å². The molecule has 4 aromatic rings. The summed E-state index contributed by atoms with van der Waals surface area (Å²) in [6.07, 6.45) is 4.06. The van der Waals surface area contributed by atoms with Crippen LogP contribution < -0.4 is 10.2 Å². The fraction of sp³-hybridized carbons (Fsp3) is 0.310. The van der Waals surface area contributed by atoms with Gasteiger partial charge in [-0.15, -0.1) is 0 Å². The molecule has 6 rings (SSSR count). The minimum absolute atomic E-state index is 0.0273. The number of anilines is 1. The van der Waals surface area contributed by atoms with Crippen molar-refractivity contribution in [3.05, 3.63) is 77.4 Å². The van der Waals surface area contributed by atoms with Crippen molar-refractivity contribution in [2.75, 3.05) is 23.8 Å². The molecule has 0 spiro atoms. The van der Waals surface area contributed by atoms with E-state index in [1.54, 1.807) is 12.3 Å². The summed E-state index contributed by atoms with van der Waals surface area (Å²) in [6, 6.07) is 14.4. The number of nitrogens with zero attached hydrogens (tertiary/aromatic N) is 4. The normalized spacial score (nSPS) is 16.2. The van der Waals surface area contributed by atoms with Gasteiger partial charge in [0.15, 0.2) is 9.84 Å². The molecule has 4 heterocycles. The Morgan fingerprint density at radius 1 is 1.12 bits per heavy atom. The van der Waals surface area contributed by atoms with Gasteiger partial charge >= 0.3 is 0 Å². The quantitative estimate of drug-likeness (QED) is 0.360. The van der Waals surface area contributed by atoms with Gasteiger partial charge in [-0.05, 0) is 62.2 Å². The Balaban J connectivity index is 1.22. The molecule has 1 fully saturated rings. The largest absolute Gasteiger partial charge is 0.376 e. The number of sulfone groups is 1. The molecule has 3 aromatic heterocycles. The summed E-state index contributed by atoms with van der Waals surface area (Å²) < 4.78 is 45.0. The van der Waals surface area contributed by atoms with Crippen LogP contribution in [-0.2, 0) is 27.7 Å². The first-order valence-electron chi connectivity index (χ1n) is 13.2. The van der Waals surface area contributed by atoms with Crippen LogP contribution in [0.1, 0.15) is 41.4 Å². The first-order chi connectivity index (χ1) is 19.3. The molecule has 1 aromatic carbocycles. The lowest BCUT2D eigenvalue weighted by molar-refractivity contribution is 0.0949. The summed E-state index contributed by atoms with van der Waals surface area (Å²) in [5, 5.41) is 3.54. The highest BCUT2D eigenvalue weighted by Crippen LogP contribution is 2.31. The molecule has 11 heteroatoms. The summed E-state index contributed by atoms with van der Waals surface area (Å²) in [5.41, 5.74) is 2.61. The van der Waals surface area contributed by atoms with Gasteiger partial charge < -0.3 is 15.0 Å². The molecule has 0 radical (unpaired) electrons. The summed E-state index contributed by atoms with van der Waals surface area (Å²) in [5.74, 6) is -0.719. The maximum Gasteiger partial charge on any atom is 0.251 e. The number of hydrogen-bond acceptors (Lipinski definition) is 8. The number of rotatable bonds is 7. The second-order valence-corrected chi connectivity index (χ2v) is 12.0. The highest BCUT2D eigenvalue weighted by Gasteiger charge is 2.29. The van der Waals surface area contributed by atoms with E-state index in [4.69, 9.17) is 14.7 Å². The third-order valence-corrected chi connectivity index (χ3v) is 8.91. The number of pyridine rings is 3. The second kappa shape index (κ2) is 10.5. The van der Waals surface area contributed by atoms with E-state index in [1.165, 1.54) is 18.9 Å². The number of benzene rings is 1. The fourth-order valence-electron chi connectivity index (χ4n) is 4.90. The van der Waals surface area contributed by atoms with Gasteiger partial charge in [-0.2, -0.15) is 0 Å². The van der Waals surface area contributed by atoms with Gasteiger partial charge in [-0.25, -0.2) is 22.8 Å². The topological polar surface area (TPSA) is 114 Å². The van der Waals surface area contributed by atoms with Crippen LogP contribution in [-0.4, -0.2) is 54.2 Å². The SMILES string of the molecule is CCN(c1cccc(-c2ccc3cnc(CNC(=O)c4cc(F)c5c(c4)S(=O)(=O)CCOC5)cc3n2)n1)C1CC1. The molecular formula is C29H28FN5O4S. The van der Waals surface area contributed by atoms with Crippen molar-refractivity contribution in [3.8, 4) is 11.4 Å². The van der Waals surface area contributed by atoms with Crippen LogP contribution in [0.2, 0.25) is 0 Å². The van der Waals surface area contributed by atoms with Crippen molar-refractivity contribution in [1.82, 2.24) is 20.3 Å². The minimum atomic E-state index is -3.76. The van der Waals surface area contributed by atoms with Crippen LogP contribution in [0.15, 0.2) is 59.6 Å². The van der Waals surface area contributed by atoms with Crippen LogP contribution in [0.25, 0.3) is 22.3 Å². The van der Waals surface area contributed by atoms with E-state index in [2.05, 4.69) is 22.1 Å². The molecule has 0 atom stereocenters. The second-order valence-electron chi connectivity index (χ2n) is 9.95. The Hall–Kier alpha value is -3.96. The van der Waals surface area contributed by atoms with E-state index in [0.717, 1.165) is 35.2 Å². The summed E-state index contributed by atoms with van der Waals surface area (Å²) in [4.78, 5) is 29.0. The van der Waals surface area contributed by atoms with Crippen LogP contribution in [0.3, 0.4) is 0 Å². The minimum Gasteiger partial charge on any atom is -0.376 e. The van der Waals surface area contributed by atoms with E-state index in [-0.39, 0.29) is 41.5 Å². The van der Waals surface area contributed by atoms with Crippen molar-refractivity contribution in [2.24, 2.45) is 0 Å². The Morgan fingerprint density at radius 3 is 2.75 bits per heavy atom. The third kappa shape index (κ3) is 5.26. The number of nitrogens with one attached hydrogen (secondary N) is 1. The molecule has 1 aliphatic heterocycles. The summed E-state index contributed by atoms with van der Waals surface area (Å²) in [7, 11) is -3.76. The molecule has 0 saturated heterocycles. The number of carbonyl (C=O) groups is 1. The molecule has 206 valence electrons. The Labute approximate surface area is 231 Å². The molecule has 1 aliphatic carbocycles. The molecule has 1 amide bonds. The maximum absolute atomic E-state index is 14.7. The molecule has 1 N–H and O–H groups in total. The predicted molar refractivity (Wildman–Crippen MR) is 148 cm³/mol. The fourth-order valence-corrected chi connectivity index (χ4v) is 6.30. The average molecular weight is 562 g/mol. The summed E-state index contributed by atoms with van der Waals surface area (Å²) >= 11 is 0. The lowest BCUT2D eigenvalue weighted by Gasteiger charge is -2.21. The Kier molecular flexibility index (Phi) is 6.93. The zero-order chi connectivity index (χ0) is 27.9. The van der Waals surface area contributed by atoms with E-state index < -0.39 is 21.6 Å². The number of halogens is 1. The van der Waals surface area contributed by atoms with Crippen LogP contribution >= 0.6 is 0 Å². The lowest BCUT2D eigenvalue weighted by Crippen LogP contribution is -2.25. The monoisotopic (exact) mass is 561 g/mol. The summed E-state index contributed by atoms with van der Waals surface area (Å²) in [6.45, 7) is 2.90. The molecule has 1 saturated carbocycles. The predicted octanol–water partition coefficient (Wildman–Crippen LogP) is 4.05. The van der Waals surface area contributed by atoms with E-state index in [0.29, 0.717) is 17.3 Å². The Bertz CT molecular complexity index is 1730. The number of aromatic nitrogens is 3. The van der Waals surface area contributed by atoms with Crippen molar-refractivity contribution in [1.29, 1.82) is 0 Å². The third-order valence-electron chi connectivity index (χ3n) is 7.17. The van der Waals surface area contributed by atoms with E-state index in [9.17, 15) is 17.6 Å². The van der Waals surface area contributed by atoms with Crippen molar-refractivity contribution < 1.29 is 22.3 Å². The van der Waals surface area contributed by atoms with Gasteiger partial charge in [0.05, 0.1) is 53.0 Å². The van der Waals surface area contributed by atoms with Gasteiger partial charge in [0, 0.05) is 35.3 Å². The standard InChI is InChI=1S/C29H28FN5O4S/c1-2-35(21-7-8-21)28-5-3-4-24(34-28)25-9-6-18-15-31-20(14-26(18)33-25)16-32-29(36)19-12-23(30)22-17-39-10-11-40(37,38)27(22)13-19/h3-6,9,12-15,21H,2,7-8,10-11,16-17H2,1H3,(H,32,36). The smallest absolute Gasteiger partial charge is 0.251 e. The molecule has 0 unspecified atom stereocenters. The van der Waals surface area contributed by atoms with Gasteiger partial charge in [0.2, 0.25) is 0 Å². The number of ether oxygens (including phenoxy) is 1. The van der Waals surface area contributed by atoms with Gasteiger partial charge in [-0.1, -0.05) is 6.07 Å². The van der Waals surface area contributed by atoms with E-state index in [1.807, 2.05) is 30.3 Å². The molecule has 9 nitrogen and oxygen atoms in total. The van der Waals surface area contributed by atoms with Crippen LogP contribution in [0.4, 0.5) is 10.2 Å². The molecule has 2 aliphatic rings.